The minimum Gasteiger partial charge on any atom is -0.497 e. The number of likely N-dealkylation sites (N-methyl/N-ethyl adjacent to an activating group) is 1. The molecule has 0 bridgehead atoms. The van der Waals surface area contributed by atoms with Crippen molar-refractivity contribution in [1.82, 2.24) is 10.2 Å². The molecule has 1 saturated carbocycles. The summed E-state index contributed by atoms with van der Waals surface area (Å²) in [6.45, 7) is 6.87. The summed E-state index contributed by atoms with van der Waals surface area (Å²) in [5.41, 5.74) is 1.19. The molecule has 1 unspecified atom stereocenters. The first-order chi connectivity index (χ1) is 10.2. The Morgan fingerprint density at radius 2 is 2.10 bits per heavy atom. The quantitative estimate of drug-likeness (QED) is 0.800. The second-order valence-corrected chi connectivity index (χ2v) is 5.53. The summed E-state index contributed by atoms with van der Waals surface area (Å²) in [5.74, 6) is 1.32. The number of rotatable bonds is 8. The summed E-state index contributed by atoms with van der Waals surface area (Å²) in [5, 5.41) is 3.11. The highest BCUT2D eigenvalue weighted by atomic mass is 16.5. The van der Waals surface area contributed by atoms with Gasteiger partial charge >= 0.3 is 0 Å². The third kappa shape index (κ3) is 4.21. The first-order valence-corrected chi connectivity index (χ1v) is 7.85. The lowest BCUT2D eigenvalue weighted by molar-refractivity contribution is -0.122. The zero-order valence-electron chi connectivity index (χ0n) is 13.3. The third-order valence-electron chi connectivity index (χ3n) is 4.15. The molecule has 1 aliphatic carbocycles. The molecule has 0 aliphatic heterocycles. The predicted molar refractivity (Wildman–Crippen MR) is 84.4 cm³/mol. The van der Waals surface area contributed by atoms with Crippen LogP contribution < -0.4 is 10.1 Å². The largest absolute Gasteiger partial charge is 0.497 e. The average Bonchev–Trinajstić information content (AvgIpc) is 3.36. The van der Waals surface area contributed by atoms with E-state index in [1.54, 1.807) is 7.11 Å². The van der Waals surface area contributed by atoms with Crippen molar-refractivity contribution in [1.29, 1.82) is 0 Å². The summed E-state index contributed by atoms with van der Waals surface area (Å²) in [4.78, 5) is 14.3. The van der Waals surface area contributed by atoms with E-state index < -0.39 is 0 Å². The number of nitrogens with one attached hydrogen (secondary N) is 1. The molecular formula is C17H26N2O2. The lowest BCUT2D eigenvalue weighted by Gasteiger charge is -2.30. The van der Waals surface area contributed by atoms with Crippen LogP contribution in [0.15, 0.2) is 24.3 Å². The SMILES string of the molecule is CCN(CC)C(CNC(=O)C1CC1)c1cccc(OC)c1. The van der Waals surface area contributed by atoms with Crippen LogP contribution in [0.5, 0.6) is 5.75 Å². The summed E-state index contributed by atoms with van der Waals surface area (Å²) >= 11 is 0. The molecule has 0 spiro atoms. The van der Waals surface area contributed by atoms with Gasteiger partial charge in [-0.2, -0.15) is 0 Å². The first kappa shape index (κ1) is 15.8. The summed E-state index contributed by atoms with van der Waals surface area (Å²) in [6, 6.07) is 8.32. The van der Waals surface area contributed by atoms with Gasteiger partial charge in [0.05, 0.1) is 13.2 Å². The highest BCUT2D eigenvalue weighted by molar-refractivity contribution is 5.80. The molecule has 1 N–H and O–H groups in total. The number of nitrogens with zero attached hydrogens (tertiary/aromatic N) is 1. The molecule has 1 aliphatic rings. The Labute approximate surface area is 127 Å². The lowest BCUT2D eigenvalue weighted by atomic mass is 10.0. The molecule has 21 heavy (non-hydrogen) atoms. The Morgan fingerprint density at radius 1 is 1.38 bits per heavy atom. The van der Waals surface area contributed by atoms with Crippen LogP contribution in [0.4, 0.5) is 0 Å². The van der Waals surface area contributed by atoms with E-state index in [4.69, 9.17) is 4.74 Å². The van der Waals surface area contributed by atoms with E-state index in [1.165, 1.54) is 5.56 Å². The van der Waals surface area contributed by atoms with E-state index in [0.29, 0.717) is 6.54 Å². The van der Waals surface area contributed by atoms with E-state index in [9.17, 15) is 4.79 Å². The molecule has 1 amide bonds. The number of benzene rings is 1. The van der Waals surface area contributed by atoms with Gasteiger partial charge in [0, 0.05) is 12.5 Å². The number of hydrogen-bond acceptors (Lipinski definition) is 3. The minimum absolute atomic E-state index is 0.192. The maximum Gasteiger partial charge on any atom is 0.223 e. The predicted octanol–water partition coefficient (Wildman–Crippen LogP) is 2.60. The fraction of sp³-hybridized carbons (Fsp3) is 0.588. The minimum atomic E-state index is 0.192. The number of carbonyl (C=O) groups is 1. The van der Waals surface area contributed by atoms with Crippen LogP contribution in [0.2, 0.25) is 0 Å². The molecule has 1 aromatic rings. The summed E-state index contributed by atoms with van der Waals surface area (Å²) in [7, 11) is 1.68. The fourth-order valence-electron chi connectivity index (χ4n) is 2.66. The van der Waals surface area contributed by atoms with Crippen LogP contribution in [0.25, 0.3) is 0 Å². The molecule has 1 fully saturated rings. The average molecular weight is 290 g/mol. The first-order valence-electron chi connectivity index (χ1n) is 7.85. The molecule has 0 heterocycles. The van der Waals surface area contributed by atoms with Crippen LogP contribution in [-0.2, 0) is 4.79 Å². The van der Waals surface area contributed by atoms with E-state index in [-0.39, 0.29) is 17.9 Å². The van der Waals surface area contributed by atoms with E-state index >= 15 is 0 Å². The Balaban J connectivity index is 2.11. The van der Waals surface area contributed by atoms with Crippen molar-refractivity contribution in [3.63, 3.8) is 0 Å². The highest BCUT2D eigenvalue weighted by Crippen LogP contribution is 2.29. The van der Waals surface area contributed by atoms with Crippen LogP contribution >= 0.6 is 0 Å². The lowest BCUT2D eigenvalue weighted by Crippen LogP contribution is -2.38. The Morgan fingerprint density at radius 3 is 2.67 bits per heavy atom. The third-order valence-corrected chi connectivity index (χ3v) is 4.15. The summed E-state index contributed by atoms with van der Waals surface area (Å²) < 4.78 is 5.32. The molecule has 0 radical (unpaired) electrons. The zero-order chi connectivity index (χ0) is 15.2. The normalized spacial score (nSPS) is 15.8. The number of ether oxygens (including phenoxy) is 1. The van der Waals surface area contributed by atoms with Gasteiger partial charge in [0.2, 0.25) is 5.91 Å². The molecular weight excluding hydrogens is 264 g/mol. The smallest absolute Gasteiger partial charge is 0.223 e. The van der Waals surface area contributed by atoms with Crippen molar-refractivity contribution < 1.29 is 9.53 Å². The molecule has 0 saturated heterocycles. The Hall–Kier alpha value is -1.55. The molecule has 1 aromatic carbocycles. The maximum absolute atomic E-state index is 11.9. The van der Waals surface area contributed by atoms with Crippen molar-refractivity contribution in [3.05, 3.63) is 29.8 Å². The van der Waals surface area contributed by atoms with E-state index in [1.807, 2.05) is 12.1 Å². The molecule has 4 nitrogen and oxygen atoms in total. The number of hydrogen-bond donors (Lipinski definition) is 1. The second kappa shape index (κ2) is 7.46. The van der Waals surface area contributed by atoms with Gasteiger partial charge < -0.3 is 10.1 Å². The van der Waals surface area contributed by atoms with Crippen molar-refractivity contribution in [3.8, 4) is 5.75 Å². The standard InChI is InChI=1S/C17H26N2O2/c1-4-19(5-2)16(12-18-17(20)13-9-10-13)14-7-6-8-15(11-14)21-3/h6-8,11,13,16H,4-5,9-10,12H2,1-3H3,(H,18,20). The van der Waals surface area contributed by atoms with Gasteiger partial charge in [-0.1, -0.05) is 26.0 Å². The number of amides is 1. The van der Waals surface area contributed by atoms with Gasteiger partial charge in [-0.15, -0.1) is 0 Å². The molecule has 0 aromatic heterocycles. The second-order valence-electron chi connectivity index (χ2n) is 5.53. The molecule has 116 valence electrons. The maximum atomic E-state index is 11.9. The van der Waals surface area contributed by atoms with Crippen molar-refractivity contribution in [2.24, 2.45) is 5.92 Å². The van der Waals surface area contributed by atoms with Crippen molar-refractivity contribution in [2.75, 3.05) is 26.7 Å². The Kier molecular flexibility index (Phi) is 5.62. The Bertz CT molecular complexity index is 468. The van der Waals surface area contributed by atoms with Crippen LogP contribution in [0.3, 0.4) is 0 Å². The fourth-order valence-corrected chi connectivity index (χ4v) is 2.66. The van der Waals surface area contributed by atoms with E-state index in [2.05, 4.69) is 36.2 Å². The zero-order valence-corrected chi connectivity index (χ0v) is 13.3. The van der Waals surface area contributed by atoms with E-state index in [0.717, 1.165) is 31.7 Å². The molecule has 1 atom stereocenters. The highest BCUT2D eigenvalue weighted by Gasteiger charge is 2.30. The van der Waals surface area contributed by atoms with Gasteiger partial charge in [0.25, 0.3) is 0 Å². The molecule has 2 rings (SSSR count). The topological polar surface area (TPSA) is 41.6 Å². The summed E-state index contributed by atoms with van der Waals surface area (Å²) in [6.07, 6.45) is 2.09. The van der Waals surface area contributed by atoms with Crippen LogP contribution in [-0.4, -0.2) is 37.6 Å². The van der Waals surface area contributed by atoms with Crippen molar-refractivity contribution >= 4 is 5.91 Å². The monoisotopic (exact) mass is 290 g/mol. The number of methoxy groups -OCH3 is 1. The van der Waals surface area contributed by atoms with Gasteiger partial charge in [-0.05, 0) is 43.6 Å². The van der Waals surface area contributed by atoms with Gasteiger partial charge in [0.1, 0.15) is 5.75 Å². The number of carbonyl (C=O) groups excluding carboxylic acids is 1. The molecule has 4 heteroatoms. The van der Waals surface area contributed by atoms with Crippen molar-refractivity contribution in [2.45, 2.75) is 32.7 Å². The van der Waals surface area contributed by atoms with Crippen LogP contribution in [0, 0.1) is 5.92 Å². The van der Waals surface area contributed by atoms with Crippen LogP contribution in [0.1, 0.15) is 38.3 Å². The van der Waals surface area contributed by atoms with Gasteiger partial charge in [0.15, 0.2) is 0 Å². The van der Waals surface area contributed by atoms with Gasteiger partial charge in [-0.3, -0.25) is 9.69 Å². The van der Waals surface area contributed by atoms with Gasteiger partial charge in [-0.25, -0.2) is 0 Å².